The van der Waals surface area contributed by atoms with Gasteiger partial charge < -0.3 is 25.8 Å². The Balaban J connectivity index is 1.68. The zero-order valence-electron chi connectivity index (χ0n) is 22.0. The minimum absolute atomic E-state index is 0.0143. The van der Waals surface area contributed by atoms with Crippen LogP contribution in [0.3, 0.4) is 0 Å². The van der Waals surface area contributed by atoms with Crippen molar-refractivity contribution in [1.29, 1.82) is 5.41 Å². The first-order valence-corrected chi connectivity index (χ1v) is 13.5. The molecule has 2 heterocycles. The molecule has 2 aliphatic heterocycles. The zero-order chi connectivity index (χ0) is 25.6. The number of ketones is 1. The molecule has 200 valence electrons. The third-order valence-electron chi connectivity index (χ3n) is 8.55. The molecule has 1 saturated carbocycles. The van der Waals surface area contributed by atoms with Crippen LogP contribution in [0.15, 0.2) is 0 Å². The molecule has 2 saturated heterocycles. The predicted octanol–water partition coefficient (Wildman–Crippen LogP) is 2.58. The van der Waals surface area contributed by atoms with E-state index in [9.17, 15) is 14.7 Å². The number of rotatable bonds is 10. The van der Waals surface area contributed by atoms with Crippen LogP contribution in [0.5, 0.6) is 0 Å². The Labute approximate surface area is 210 Å². The third-order valence-corrected chi connectivity index (χ3v) is 8.55. The van der Waals surface area contributed by atoms with Gasteiger partial charge in [-0.2, -0.15) is 0 Å². The van der Waals surface area contributed by atoms with Crippen LogP contribution in [0.25, 0.3) is 0 Å². The number of nitrogens with two attached hydrogens (primary N) is 1. The Kier molecular flexibility index (Phi) is 9.57. The Bertz CT molecular complexity index is 744. The lowest BCUT2D eigenvalue weighted by Gasteiger charge is -2.45. The first-order chi connectivity index (χ1) is 16.5. The SMILES string of the molecule is CN(C1CCCC(C)(C)C1)[C@@H](CC(=O)O)C(=O)C1(CCOC2CCN(C(=N)N)CC2)CCCCN1. The normalized spacial score (nSPS) is 28.6. The van der Waals surface area contributed by atoms with E-state index in [4.69, 9.17) is 15.9 Å². The summed E-state index contributed by atoms with van der Waals surface area (Å²) in [5.74, 6) is -0.806. The molecular weight excluding hydrogens is 446 g/mol. The molecule has 0 amide bonds. The summed E-state index contributed by atoms with van der Waals surface area (Å²) >= 11 is 0. The minimum Gasteiger partial charge on any atom is -0.481 e. The van der Waals surface area contributed by atoms with Crippen LogP contribution < -0.4 is 11.1 Å². The highest BCUT2D eigenvalue weighted by Crippen LogP contribution is 2.38. The smallest absolute Gasteiger partial charge is 0.305 e. The number of carbonyl (C=O) groups excluding carboxylic acids is 1. The van der Waals surface area contributed by atoms with Gasteiger partial charge in [0.2, 0.25) is 0 Å². The minimum atomic E-state index is -0.926. The number of hydrogen-bond donors (Lipinski definition) is 4. The molecule has 3 aliphatic rings. The van der Waals surface area contributed by atoms with Gasteiger partial charge in [0.05, 0.1) is 24.1 Å². The number of carbonyl (C=O) groups is 2. The Morgan fingerprint density at radius 1 is 1.20 bits per heavy atom. The number of likely N-dealkylation sites (tertiary alicyclic amines) is 1. The maximum Gasteiger partial charge on any atom is 0.305 e. The van der Waals surface area contributed by atoms with Gasteiger partial charge >= 0.3 is 5.97 Å². The van der Waals surface area contributed by atoms with Gasteiger partial charge in [0.25, 0.3) is 0 Å². The summed E-state index contributed by atoms with van der Waals surface area (Å²) in [6.45, 7) is 7.19. The van der Waals surface area contributed by atoms with Crippen LogP contribution in [0.1, 0.15) is 84.5 Å². The summed E-state index contributed by atoms with van der Waals surface area (Å²) in [5.41, 5.74) is 5.06. The number of ether oxygens (including phenoxy) is 1. The predicted molar refractivity (Wildman–Crippen MR) is 137 cm³/mol. The van der Waals surface area contributed by atoms with Gasteiger partial charge in [-0.3, -0.25) is 19.9 Å². The molecule has 35 heavy (non-hydrogen) atoms. The van der Waals surface area contributed by atoms with Crippen LogP contribution in [-0.4, -0.2) is 89.6 Å². The standard InChI is InChI=1S/C26H47N5O4/c1-25(2)10-6-7-19(18-25)30(3)21(17-22(32)33)23(34)26(11-4-5-13-29-26)12-16-35-20-8-14-31(15-9-20)24(27)28/h19-21,29H,4-18H2,1-3H3,(H3,27,28)(H,32,33)/t19?,21-,26?/m0/s1. The molecular formula is C26H47N5O4. The zero-order valence-corrected chi connectivity index (χ0v) is 22.0. The highest BCUT2D eigenvalue weighted by atomic mass is 16.5. The largest absolute Gasteiger partial charge is 0.481 e. The second-order valence-corrected chi connectivity index (χ2v) is 11.7. The van der Waals surface area contributed by atoms with E-state index >= 15 is 0 Å². The molecule has 2 unspecified atom stereocenters. The van der Waals surface area contributed by atoms with Crippen molar-refractivity contribution in [3.05, 3.63) is 0 Å². The molecule has 3 atom stereocenters. The average molecular weight is 494 g/mol. The maximum atomic E-state index is 14.1. The highest BCUT2D eigenvalue weighted by molar-refractivity contribution is 5.95. The van der Waals surface area contributed by atoms with Crippen LogP contribution in [0, 0.1) is 10.8 Å². The van der Waals surface area contributed by atoms with Crippen molar-refractivity contribution >= 4 is 17.7 Å². The van der Waals surface area contributed by atoms with Gasteiger partial charge in [-0.25, -0.2) is 0 Å². The van der Waals surface area contributed by atoms with E-state index in [0.717, 1.165) is 57.9 Å². The van der Waals surface area contributed by atoms with E-state index in [1.165, 1.54) is 6.42 Å². The second-order valence-electron chi connectivity index (χ2n) is 11.7. The van der Waals surface area contributed by atoms with Crippen molar-refractivity contribution in [2.24, 2.45) is 11.1 Å². The van der Waals surface area contributed by atoms with E-state index in [1.54, 1.807) is 0 Å². The van der Waals surface area contributed by atoms with Crippen molar-refractivity contribution in [3.8, 4) is 0 Å². The first kappa shape index (κ1) is 27.9. The summed E-state index contributed by atoms with van der Waals surface area (Å²) < 4.78 is 6.19. The number of carboxylic acid groups (broad SMARTS) is 1. The number of likely N-dealkylation sites (N-methyl/N-ethyl adjacent to an activating group) is 1. The first-order valence-electron chi connectivity index (χ1n) is 13.5. The lowest BCUT2D eigenvalue weighted by molar-refractivity contribution is -0.144. The number of piperidine rings is 2. The number of nitrogens with zero attached hydrogens (tertiary/aromatic N) is 2. The van der Waals surface area contributed by atoms with Gasteiger partial charge in [-0.1, -0.05) is 20.3 Å². The van der Waals surface area contributed by atoms with Gasteiger partial charge in [0.1, 0.15) is 0 Å². The van der Waals surface area contributed by atoms with Crippen molar-refractivity contribution in [3.63, 3.8) is 0 Å². The van der Waals surface area contributed by atoms with Crippen LogP contribution in [0.4, 0.5) is 0 Å². The molecule has 0 aromatic rings. The van der Waals surface area contributed by atoms with Crippen molar-refractivity contribution in [1.82, 2.24) is 15.1 Å². The number of hydrogen-bond acceptors (Lipinski definition) is 6. The summed E-state index contributed by atoms with van der Waals surface area (Å²) in [4.78, 5) is 29.9. The van der Waals surface area contributed by atoms with Crippen LogP contribution in [0.2, 0.25) is 0 Å². The molecule has 0 aromatic heterocycles. The van der Waals surface area contributed by atoms with E-state index in [2.05, 4.69) is 24.1 Å². The molecule has 0 spiro atoms. The lowest BCUT2D eigenvalue weighted by atomic mass is 9.73. The number of guanidine groups is 1. The fourth-order valence-electron chi connectivity index (χ4n) is 6.34. The Morgan fingerprint density at radius 2 is 1.91 bits per heavy atom. The number of nitrogens with one attached hydrogen (secondary N) is 2. The molecule has 0 bridgehead atoms. The topological polar surface area (TPSA) is 132 Å². The summed E-state index contributed by atoms with van der Waals surface area (Å²) in [6, 6.07) is -0.425. The van der Waals surface area contributed by atoms with E-state index in [1.807, 2.05) is 11.9 Å². The van der Waals surface area contributed by atoms with E-state index < -0.39 is 17.6 Å². The van der Waals surface area contributed by atoms with Gasteiger partial charge in [-0.15, -0.1) is 0 Å². The summed E-state index contributed by atoms with van der Waals surface area (Å²) in [5, 5.41) is 20.8. The third kappa shape index (κ3) is 7.40. The summed E-state index contributed by atoms with van der Waals surface area (Å²) in [6.07, 6.45) is 9.08. The van der Waals surface area contributed by atoms with Gasteiger partial charge in [0, 0.05) is 25.7 Å². The van der Waals surface area contributed by atoms with Crippen molar-refractivity contribution < 1.29 is 19.4 Å². The maximum absolute atomic E-state index is 14.1. The molecule has 9 nitrogen and oxygen atoms in total. The van der Waals surface area contributed by atoms with Gasteiger partial charge in [0.15, 0.2) is 11.7 Å². The molecule has 1 aliphatic carbocycles. The Hall–Kier alpha value is -1.71. The number of aliphatic carboxylic acids is 1. The number of Topliss-reactive ketones (excluding diaryl/α,β-unsaturated/α-hetero) is 1. The fraction of sp³-hybridized carbons (Fsp3) is 0.885. The van der Waals surface area contributed by atoms with E-state index in [-0.39, 0.29) is 35.7 Å². The van der Waals surface area contributed by atoms with Crippen molar-refractivity contribution in [2.75, 3.05) is 33.3 Å². The quantitative estimate of drug-likeness (QED) is 0.270. The number of carboxylic acids is 1. The molecule has 3 fully saturated rings. The second kappa shape index (κ2) is 12.0. The Morgan fingerprint density at radius 3 is 2.49 bits per heavy atom. The van der Waals surface area contributed by atoms with E-state index in [0.29, 0.717) is 26.1 Å². The molecule has 0 radical (unpaired) electrons. The molecule has 0 aromatic carbocycles. The lowest BCUT2D eigenvalue weighted by Crippen LogP contribution is -2.62. The fourth-order valence-corrected chi connectivity index (χ4v) is 6.34. The van der Waals surface area contributed by atoms with Gasteiger partial charge in [-0.05, 0) is 76.8 Å². The molecule has 3 rings (SSSR count). The monoisotopic (exact) mass is 493 g/mol. The molecule has 9 heteroatoms. The van der Waals surface area contributed by atoms with Crippen molar-refractivity contribution in [2.45, 2.75) is 108 Å². The van der Waals surface area contributed by atoms with Crippen LogP contribution >= 0.6 is 0 Å². The highest BCUT2D eigenvalue weighted by Gasteiger charge is 2.46. The summed E-state index contributed by atoms with van der Waals surface area (Å²) in [7, 11) is 1.95. The van der Waals surface area contributed by atoms with Crippen LogP contribution in [-0.2, 0) is 14.3 Å². The average Bonchev–Trinajstić information content (AvgIpc) is 2.82. The molecule has 5 N–H and O–H groups in total.